The predicted octanol–water partition coefficient (Wildman–Crippen LogP) is 3.36. The fraction of sp³-hybridized carbons (Fsp3) is 0.562. The van der Waals surface area contributed by atoms with Crippen LogP contribution in [0.1, 0.15) is 42.5 Å². The predicted molar refractivity (Wildman–Crippen MR) is 81.5 cm³/mol. The van der Waals surface area contributed by atoms with Gasteiger partial charge < -0.3 is 10.0 Å². The molecule has 1 aromatic rings. The second-order valence-electron chi connectivity index (χ2n) is 6.15. The highest BCUT2D eigenvalue weighted by molar-refractivity contribution is 9.10. The molecule has 3 rings (SSSR count). The zero-order valence-electron chi connectivity index (χ0n) is 11.8. The number of halogens is 2. The normalized spacial score (nSPS) is 29.1. The molecule has 2 atom stereocenters. The van der Waals surface area contributed by atoms with Crippen LogP contribution in [0.25, 0.3) is 0 Å². The highest BCUT2D eigenvalue weighted by Crippen LogP contribution is 2.40. The standard InChI is InChI=1S/C16H19BrFNO2/c17-13-6-3-5-12(14(13)18)15(20)19-9-8-16(21)7-2-1-4-11(16)10-19/h3,5-6,11,21H,1-2,4,7-10H2. The van der Waals surface area contributed by atoms with Gasteiger partial charge in [-0.3, -0.25) is 4.79 Å². The van der Waals surface area contributed by atoms with E-state index in [9.17, 15) is 14.3 Å². The molecule has 1 saturated carbocycles. The van der Waals surface area contributed by atoms with Crippen molar-refractivity contribution in [1.29, 1.82) is 0 Å². The molecule has 0 bridgehead atoms. The van der Waals surface area contributed by atoms with E-state index in [1.165, 1.54) is 6.07 Å². The first-order valence-corrected chi connectivity index (χ1v) is 8.26. The summed E-state index contributed by atoms with van der Waals surface area (Å²) in [5.74, 6) is -0.660. The summed E-state index contributed by atoms with van der Waals surface area (Å²) in [6, 6.07) is 4.77. The van der Waals surface area contributed by atoms with Gasteiger partial charge in [0.2, 0.25) is 0 Å². The summed E-state index contributed by atoms with van der Waals surface area (Å²) < 4.78 is 14.4. The summed E-state index contributed by atoms with van der Waals surface area (Å²) in [7, 11) is 0. The average molecular weight is 356 g/mol. The molecule has 2 aliphatic rings. The molecule has 1 aliphatic heterocycles. The number of nitrogens with zero attached hydrogens (tertiary/aromatic N) is 1. The second-order valence-corrected chi connectivity index (χ2v) is 7.00. The maximum Gasteiger partial charge on any atom is 0.256 e. The summed E-state index contributed by atoms with van der Waals surface area (Å²) in [6.45, 7) is 1.03. The second kappa shape index (κ2) is 5.69. The fourth-order valence-corrected chi connectivity index (χ4v) is 3.96. The van der Waals surface area contributed by atoms with Crippen molar-refractivity contribution < 1.29 is 14.3 Å². The number of rotatable bonds is 1. The molecule has 21 heavy (non-hydrogen) atoms. The number of hydrogen-bond donors (Lipinski definition) is 1. The average Bonchev–Trinajstić information content (AvgIpc) is 2.48. The zero-order valence-corrected chi connectivity index (χ0v) is 13.4. The molecule has 1 aliphatic carbocycles. The molecule has 0 spiro atoms. The lowest BCUT2D eigenvalue weighted by Gasteiger charge is -2.47. The van der Waals surface area contributed by atoms with Crippen LogP contribution in [0.3, 0.4) is 0 Å². The maximum absolute atomic E-state index is 14.1. The van der Waals surface area contributed by atoms with Crippen molar-refractivity contribution in [1.82, 2.24) is 4.90 Å². The Kier molecular flexibility index (Phi) is 4.06. The number of piperidine rings is 1. The Morgan fingerprint density at radius 1 is 1.38 bits per heavy atom. The van der Waals surface area contributed by atoms with E-state index in [1.54, 1.807) is 17.0 Å². The van der Waals surface area contributed by atoms with Crippen molar-refractivity contribution in [2.75, 3.05) is 13.1 Å². The number of benzene rings is 1. The number of fused-ring (bicyclic) bond motifs is 1. The van der Waals surface area contributed by atoms with Crippen molar-refractivity contribution in [3.05, 3.63) is 34.1 Å². The number of aliphatic hydroxyl groups is 1. The Morgan fingerprint density at radius 2 is 2.19 bits per heavy atom. The van der Waals surface area contributed by atoms with Gasteiger partial charge in [0, 0.05) is 19.0 Å². The highest BCUT2D eigenvalue weighted by Gasteiger charge is 2.44. The molecule has 0 aromatic heterocycles. The number of carbonyl (C=O) groups is 1. The molecule has 1 amide bonds. The lowest BCUT2D eigenvalue weighted by molar-refractivity contribution is -0.0886. The Hall–Kier alpha value is -0.940. The van der Waals surface area contributed by atoms with Crippen LogP contribution >= 0.6 is 15.9 Å². The first kappa shape index (κ1) is 15.0. The molecule has 1 heterocycles. The van der Waals surface area contributed by atoms with Crippen molar-refractivity contribution in [2.24, 2.45) is 5.92 Å². The molecule has 1 aromatic carbocycles. The van der Waals surface area contributed by atoms with Gasteiger partial charge in [0.15, 0.2) is 0 Å². The Balaban J connectivity index is 1.79. The third-order valence-corrected chi connectivity index (χ3v) is 5.51. The van der Waals surface area contributed by atoms with E-state index in [4.69, 9.17) is 0 Å². The van der Waals surface area contributed by atoms with Gasteiger partial charge in [-0.2, -0.15) is 0 Å². The highest BCUT2D eigenvalue weighted by atomic mass is 79.9. The summed E-state index contributed by atoms with van der Waals surface area (Å²) in [4.78, 5) is 14.2. The van der Waals surface area contributed by atoms with E-state index in [-0.39, 0.29) is 17.4 Å². The molecular weight excluding hydrogens is 337 g/mol. The van der Waals surface area contributed by atoms with Gasteiger partial charge >= 0.3 is 0 Å². The van der Waals surface area contributed by atoms with Gasteiger partial charge in [-0.15, -0.1) is 0 Å². The summed E-state index contributed by atoms with van der Waals surface area (Å²) in [5.41, 5.74) is -0.518. The smallest absolute Gasteiger partial charge is 0.256 e. The van der Waals surface area contributed by atoms with Crippen molar-refractivity contribution in [3.63, 3.8) is 0 Å². The molecular formula is C16H19BrFNO2. The Labute approximate surface area is 132 Å². The largest absolute Gasteiger partial charge is 0.389 e. The molecule has 2 fully saturated rings. The first-order chi connectivity index (χ1) is 10.0. The number of carbonyl (C=O) groups excluding carboxylic acids is 1. The summed E-state index contributed by atoms with van der Waals surface area (Å²) in [5, 5.41) is 10.6. The van der Waals surface area contributed by atoms with Crippen LogP contribution < -0.4 is 0 Å². The van der Waals surface area contributed by atoms with E-state index < -0.39 is 11.4 Å². The van der Waals surface area contributed by atoms with Crippen LogP contribution in [0, 0.1) is 11.7 Å². The monoisotopic (exact) mass is 355 g/mol. The number of amides is 1. The third-order valence-electron chi connectivity index (χ3n) is 4.90. The minimum Gasteiger partial charge on any atom is -0.389 e. The molecule has 5 heteroatoms. The fourth-order valence-electron chi connectivity index (χ4n) is 3.59. The van der Waals surface area contributed by atoms with Gasteiger partial charge in [-0.05, 0) is 47.3 Å². The molecule has 1 N–H and O–H groups in total. The van der Waals surface area contributed by atoms with E-state index in [0.717, 1.165) is 25.7 Å². The Morgan fingerprint density at radius 3 is 3.00 bits per heavy atom. The maximum atomic E-state index is 14.1. The van der Waals surface area contributed by atoms with Crippen LogP contribution in [0.5, 0.6) is 0 Å². The quantitative estimate of drug-likeness (QED) is 0.838. The van der Waals surface area contributed by atoms with Crippen LogP contribution in [-0.2, 0) is 0 Å². The van der Waals surface area contributed by atoms with Crippen LogP contribution in [0.15, 0.2) is 22.7 Å². The minimum atomic E-state index is -0.620. The number of likely N-dealkylation sites (tertiary alicyclic amines) is 1. The molecule has 2 unspecified atom stereocenters. The topological polar surface area (TPSA) is 40.5 Å². The van der Waals surface area contributed by atoms with Crippen molar-refractivity contribution >= 4 is 21.8 Å². The van der Waals surface area contributed by atoms with Crippen LogP contribution in [0.4, 0.5) is 4.39 Å². The molecule has 0 radical (unpaired) electrons. The van der Waals surface area contributed by atoms with Gasteiger partial charge in [0.25, 0.3) is 5.91 Å². The summed E-state index contributed by atoms with van der Waals surface area (Å²) >= 11 is 3.12. The Bertz CT molecular complexity index is 565. The van der Waals surface area contributed by atoms with E-state index in [1.807, 2.05) is 0 Å². The third kappa shape index (κ3) is 2.73. The molecule has 114 valence electrons. The van der Waals surface area contributed by atoms with Crippen LogP contribution in [0.2, 0.25) is 0 Å². The van der Waals surface area contributed by atoms with E-state index in [0.29, 0.717) is 24.0 Å². The summed E-state index contributed by atoms with van der Waals surface area (Å²) in [6.07, 6.45) is 4.52. The van der Waals surface area contributed by atoms with Gasteiger partial charge in [-0.25, -0.2) is 4.39 Å². The van der Waals surface area contributed by atoms with Crippen molar-refractivity contribution in [2.45, 2.75) is 37.7 Å². The zero-order chi connectivity index (χ0) is 15.0. The van der Waals surface area contributed by atoms with E-state index in [2.05, 4.69) is 15.9 Å². The van der Waals surface area contributed by atoms with Gasteiger partial charge in [-0.1, -0.05) is 18.9 Å². The SMILES string of the molecule is O=C(c1cccc(Br)c1F)N1CCC2(O)CCCCC2C1. The van der Waals surface area contributed by atoms with Crippen molar-refractivity contribution in [3.8, 4) is 0 Å². The van der Waals surface area contributed by atoms with Crippen LogP contribution in [-0.4, -0.2) is 34.6 Å². The molecule has 1 saturated heterocycles. The lowest BCUT2D eigenvalue weighted by Crippen LogP contribution is -2.54. The minimum absolute atomic E-state index is 0.102. The molecule has 3 nitrogen and oxygen atoms in total. The van der Waals surface area contributed by atoms with E-state index >= 15 is 0 Å². The number of hydrogen-bond acceptors (Lipinski definition) is 2. The lowest BCUT2D eigenvalue weighted by atomic mass is 9.71. The van der Waals surface area contributed by atoms with Gasteiger partial charge in [0.05, 0.1) is 15.6 Å². The van der Waals surface area contributed by atoms with Gasteiger partial charge in [0.1, 0.15) is 5.82 Å². The first-order valence-electron chi connectivity index (χ1n) is 7.47.